The summed E-state index contributed by atoms with van der Waals surface area (Å²) in [6, 6.07) is 16.1. The Morgan fingerprint density at radius 1 is 0.559 bits per heavy atom. The Bertz CT molecular complexity index is 1320. The van der Waals surface area contributed by atoms with Gasteiger partial charge in [0, 0.05) is 22.3 Å². The Morgan fingerprint density at radius 3 is 1.62 bits per heavy atom. The molecule has 0 heterocycles. The molecule has 34 heavy (non-hydrogen) atoms. The van der Waals surface area contributed by atoms with Crippen LogP contribution in [0.5, 0.6) is 23.0 Å². The zero-order chi connectivity index (χ0) is 24.5. The number of carbonyl (C=O) groups excluding carboxylic acids is 1. The van der Waals surface area contributed by atoms with E-state index >= 15 is 0 Å². The van der Waals surface area contributed by atoms with Gasteiger partial charge in [0.25, 0.3) is 0 Å². The van der Waals surface area contributed by atoms with E-state index in [1.807, 2.05) is 36.4 Å². The predicted octanol–water partition coefficient (Wildman–Crippen LogP) is 4.31. The monoisotopic (exact) mass is 456 g/mol. The smallest absolute Gasteiger partial charge is 0.341 e. The minimum absolute atomic E-state index is 0.338. The van der Waals surface area contributed by atoms with Crippen molar-refractivity contribution in [3.05, 3.63) is 82.4 Å². The molecule has 3 aromatic carbocycles. The van der Waals surface area contributed by atoms with E-state index in [1.165, 1.54) is 14.2 Å². The predicted molar refractivity (Wildman–Crippen MR) is 129 cm³/mol. The molecule has 3 rings (SSSR count). The first kappa shape index (κ1) is 24.1. The number of hydrogen-bond donors (Lipinski definition) is 0. The summed E-state index contributed by atoms with van der Waals surface area (Å²) in [6.07, 6.45) is 0. The van der Waals surface area contributed by atoms with Crippen LogP contribution in [0.2, 0.25) is 0 Å². The maximum absolute atomic E-state index is 11.8. The molecule has 0 aliphatic rings. The van der Waals surface area contributed by atoms with Crippen LogP contribution in [-0.2, 0) is 4.74 Å². The second-order valence-corrected chi connectivity index (χ2v) is 6.93. The fourth-order valence-corrected chi connectivity index (χ4v) is 3.11. The molecule has 172 valence electrons. The second kappa shape index (κ2) is 11.4. The summed E-state index contributed by atoms with van der Waals surface area (Å²) in [6.45, 7) is 0. The molecule has 0 bridgehead atoms. The molecule has 0 spiro atoms. The zero-order valence-corrected chi connectivity index (χ0v) is 19.6. The van der Waals surface area contributed by atoms with Gasteiger partial charge in [-0.3, -0.25) is 0 Å². The van der Waals surface area contributed by atoms with E-state index in [-0.39, 0.29) is 0 Å². The van der Waals surface area contributed by atoms with Crippen molar-refractivity contribution in [3.63, 3.8) is 0 Å². The highest BCUT2D eigenvalue weighted by molar-refractivity contribution is 5.92. The number of carbonyl (C=O) groups is 1. The van der Waals surface area contributed by atoms with E-state index in [0.717, 1.165) is 16.7 Å². The van der Waals surface area contributed by atoms with Gasteiger partial charge in [0.15, 0.2) is 11.5 Å². The van der Waals surface area contributed by atoms with Crippen LogP contribution in [-0.4, -0.2) is 41.5 Å². The van der Waals surface area contributed by atoms with E-state index in [2.05, 4.69) is 23.7 Å². The highest BCUT2D eigenvalue weighted by atomic mass is 16.5. The van der Waals surface area contributed by atoms with Crippen LogP contribution in [0.25, 0.3) is 0 Å². The molecular formula is C28H24O6. The molecule has 0 aliphatic carbocycles. The summed E-state index contributed by atoms with van der Waals surface area (Å²) in [5.41, 5.74) is 3.28. The third-order valence-corrected chi connectivity index (χ3v) is 4.83. The van der Waals surface area contributed by atoms with Crippen molar-refractivity contribution in [1.82, 2.24) is 0 Å². The van der Waals surface area contributed by atoms with Gasteiger partial charge in [-0.15, -0.1) is 0 Å². The van der Waals surface area contributed by atoms with Crippen LogP contribution in [0.1, 0.15) is 32.6 Å². The Labute approximate surface area is 199 Å². The van der Waals surface area contributed by atoms with Crippen LogP contribution in [0, 0.1) is 23.7 Å². The molecule has 6 heteroatoms. The van der Waals surface area contributed by atoms with Crippen molar-refractivity contribution in [3.8, 4) is 46.7 Å². The molecule has 0 amide bonds. The van der Waals surface area contributed by atoms with Gasteiger partial charge in [0.05, 0.1) is 35.5 Å². The summed E-state index contributed by atoms with van der Waals surface area (Å²) in [5.74, 6) is 14.3. The fourth-order valence-electron chi connectivity index (χ4n) is 3.11. The van der Waals surface area contributed by atoms with Gasteiger partial charge in [0.1, 0.15) is 17.1 Å². The number of benzene rings is 3. The molecule has 0 N–H and O–H groups in total. The molecule has 0 radical (unpaired) electrons. The largest absolute Gasteiger partial charge is 0.497 e. The van der Waals surface area contributed by atoms with Crippen molar-refractivity contribution in [2.45, 2.75) is 0 Å². The second-order valence-electron chi connectivity index (χ2n) is 6.93. The SMILES string of the molecule is COC(=O)c1ccc(C#Cc2cc(C#Cc3ccc(OC)c(OC)c3)cc(OC)c2)cc1OC. The summed E-state index contributed by atoms with van der Waals surface area (Å²) in [4.78, 5) is 11.8. The minimum Gasteiger partial charge on any atom is -0.497 e. The van der Waals surface area contributed by atoms with E-state index in [1.54, 1.807) is 39.5 Å². The third kappa shape index (κ3) is 5.82. The van der Waals surface area contributed by atoms with Gasteiger partial charge in [-0.25, -0.2) is 4.79 Å². The molecule has 3 aromatic rings. The summed E-state index contributed by atoms with van der Waals surface area (Å²) < 4.78 is 26.1. The molecule has 6 nitrogen and oxygen atoms in total. The maximum atomic E-state index is 11.8. The van der Waals surface area contributed by atoms with E-state index < -0.39 is 5.97 Å². The molecule has 0 saturated carbocycles. The lowest BCUT2D eigenvalue weighted by Crippen LogP contribution is -2.04. The van der Waals surface area contributed by atoms with Crippen LogP contribution in [0.3, 0.4) is 0 Å². The first-order valence-electron chi connectivity index (χ1n) is 10.2. The van der Waals surface area contributed by atoms with Crippen molar-refractivity contribution < 1.29 is 28.5 Å². The molecule has 0 aromatic heterocycles. The number of hydrogen-bond acceptors (Lipinski definition) is 6. The molecule has 0 saturated heterocycles. The van der Waals surface area contributed by atoms with Crippen molar-refractivity contribution in [2.24, 2.45) is 0 Å². The molecular weight excluding hydrogens is 432 g/mol. The van der Waals surface area contributed by atoms with Gasteiger partial charge in [-0.2, -0.15) is 0 Å². The first-order chi connectivity index (χ1) is 16.5. The standard InChI is InChI=1S/C28H24O6/c1-30-23-15-21(8-6-19-10-12-24(28(29)34-5)26(17-19)32-3)14-22(16-23)9-7-20-11-13-25(31-2)27(18-20)33-4/h10-18H,1-5H3. The van der Waals surface area contributed by atoms with Gasteiger partial charge < -0.3 is 23.7 Å². The highest BCUT2D eigenvalue weighted by Gasteiger charge is 2.12. The third-order valence-electron chi connectivity index (χ3n) is 4.83. The Kier molecular flexibility index (Phi) is 8.05. The summed E-state index contributed by atoms with van der Waals surface area (Å²) in [7, 11) is 7.58. The number of ether oxygens (including phenoxy) is 5. The normalized spacial score (nSPS) is 9.56. The molecule has 0 atom stereocenters. The lowest BCUT2D eigenvalue weighted by atomic mass is 10.1. The Hall–Kier alpha value is -4.55. The van der Waals surface area contributed by atoms with Gasteiger partial charge in [-0.05, 0) is 54.6 Å². The van der Waals surface area contributed by atoms with Crippen LogP contribution in [0.4, 0.5) is 0 Å². The average molecular weight is 456 g/mol. The number of rotatable bonds is 5. The first-order valence-corrected chi connectivity index (χ1v) is 10.2. The van der Waals surface area contributed by atoms with Crippen LogP contribution < -0.4 is 18.9 Å². The van der Waals surface area contributed by atoms with E-state index in [4.69, 9.17) is 23.7 Å². The Balaban J connectivity index is 1.92. The summed E-state index contributed by atoms with van der Waals surface area (Å²) in [5, 5.41) is 0. The zero-order valence-electron chi connectivity index (χ0n) is 19.6. The van der Waals surface area contributed by atoms with Crippen molar-refractivity contribution >= 4 is 5.97 Å². The maximum Gasteiger partial charge on any atom is 0.341 e. The molecule has 0 fully saturated rings. The van der Waals surface area contributed by atoms with Crippen LogP contribution >= 0.6 is 0 Å². The van der Waals surface area contributed by atoms with Gasteiger partial charge >= 0.3 is 5.97 Å². The minimum atomic E-state index is -0.471. The quantitative estimate of drug-likeness (QED) is 0.421. The number of esters is 1. The topological polar surface area (TPSA) is 63.2 Å². The van der Waals surface area contributed by atoms with E-state index in [0.29, 0.717) is 34.1 Å². The van der Waals surface area contributed by atoms with Gasteiger partial charge in [0.2, 0.25) is 0 Å². The average Bonchev–Trinajstić information content (AvgIpc) is 2.89. The van der Waals surface area contributed by atoms with Crippen molar-refractivity contribution in [2.75, 3.05) is 35.5 Å². The summed E-state index contributed by atoms with van der Waals surface area (Å²) >= 11 is 0. The lowest BCUT2D eigenvalue weighted by molar-refractivity contribution is 0.0597. The van der Waals surface area contributed by atoms with E-state index in [9.17, 15) is 4.79 Å². The molecule has 0 unspecified atom stereocenters. The van der Waals surface area contributed by atoms with Gasteiger partial charge in [-0.1, -0.05) is 23.7 Å². The Morgan fingerprint density at radius 2 is 1.09 bits per heavy atom. The number of methoxy groups -OCH3 is 5. The van der Waals surface area contributed by atoms with Crippen LogP contribution in [0.15, 0.2) is 54.6 Å². The lowest BCUT2D eigenvalue weighted by Gasteiger charge is -2.07. The molecule has 0 aliphatic heterocycles. The fraction of sp³-hybridized carbons (Fsp3) is 0.179. The van der Waals surface area contributed by atoms with Crippen molar-refractivity contribution in [1.29, 1.82) is 0 Å². The highest BCUT2D eigenvalue weighted by Crippen LogP contribution is 2.27.